The number of rotatable bonds is 7. The van der Waals surface area contributed by atoms with Crippen molar-refractivity contribution in [2.24, 2.45) is 16.7 Å². The fourth-order valence-electron chi connectivity index (χ4n) is 7.37. The van der Waals surface area contributed by atoms with Crippen LogP contribution in [-0.4, -0.2) is 88.7 Å². The number of anilines is 1. The van der Waals surface area contributed by atoms with E-state index in [1.807, 2.05) is 36.1 Å². The molecule has 5 rings (SSSR count). The Morgan fingerprint density at radius 2 is 1.79 bits per heavy atom. The number of aliphatic hydroxyl groups excluding tert-OH is 2. The van der Waals surface area contributed by atoms with E-state index in [2.05, 4.69) is 12.2 Å². The summed E-state index contributed by atoms with van der Waals surface area (Å²) >= 11 is 1.42. The standard InChI is InChI=1S/C31H42N4O6S/c1-19(37)34-11-13-35(14-12-34)27(40)16-22-28-23(17-24-30(22,2)10-9-25(38)31(24,3)18-36)42-29(33-28)32-26(39)15-20-5-7-21(41-4)8-6-20/h5-8,22,24-25,36,38H,9-18H2,1-4H3,(H,32,33,39)/t22-,24+,25-,30+,31+/m1/s1. The van der Waals surface area contributed by atoms with E-state index in [4.69, 9.17) is 9.72 Å². The fraction of sp³-hybridized carbons (Fsp3) is 0.613. The van der Waals surface area contributed by atoms with E-state index in [0.29, 0.717) is 50.6 Å². The van der Waals surface area contributed by atoms with E-state index in [1.165, 1.54) is 11.3 Å². The number of benzene rings is 1. The summed E-state index contributed by atoms with van der Waals surface area (Å²) in [6, 6.07) is 7.36. The smallest absolute Gasteiger partial charge is 0.230 e. The Bertz CT molecular complexity index is 1320. The Morgan fingerprint density at radius 1 is 1.12 bits per heavy atom. The average Bonchev–Trinajstić information content (AvgIpc) is 3.38. The molecule has 10 nitrogen and oxygen atoms in total. The van der Waals surface area contributed by atoms with Gasteiger partial charge in [-0.05, 0) is 48.3 Å². The molecule has 1 aromatic heterocycles. The molecule has 0 spiro atoms. The molecule has 1 saturated heterocycles. The molecule has 3 aliphatic rings. The summed E-state index contributed by atoms with van der Waals surface area (Å²) in [6.07, 6.45) is 1.67. The van der Waals surface area contributed by atoms with E-state index in [9.17, 15) is 24.6 Å². The Hall–Kier alpha value is -3.02. The maximum Gasteiger partial charge on any atom is 0.230 e. The van der Waals surface area contributed by atoms with Crippen molar-refractivity contribution in [1.82, 2.24) is 14.8 Å². The number of hydrogen-bond donors (Lipinski definition) is 3. The molecule has 228 valence electrons. The van der Waals surface area contributed by atoms with Gasteiger partial charge in [-0.3, -0.25) is 14.4 Å². The SMILES string of the molecule is COc1ccc(CC(=O)Nc2nc3c(s2)C[C@@H]2[C@](C)(CO)[C@H](O)CC[C@@]2(C)[C@@H]3CC(=O)N2CCN(C(C)=O)CC2)cc1. The highest BCUT2D eigenvalue weighted by atomic mass is 32.1. The molecule has 2 heterocycles. The molecule has 2 fully saturated rings. The van der Waals surface area contributed by atoms with Crippen molar-refractivity contribution in [2.75, 3.05) is 45.2 Å². The van der Waals surface area contributed by atoms with Crippen molar-refractivity contribution in [1.29, 1.82) is 0 Å². The van der Waals surface area contributed by atoms with Gasteiger partial charge >= 0.3 is 0 Å². The van der Waals surface area contributed by atoms with Crippen molar-refractivity contribution >= 4 is 34.2 Å². The number of carbonyl (C=O) groups excluding carboxylic acids is 3. The van der Waals surface area contributed by atoms with Crippen molar-refractivity contribution in [3.8, 4) is 5.75 Å². The van der Waals surface area contributed by atoms with Gasteiger partial charge < -0.3 is 30.1 Å². The summed E-state index contributed by atoms with van der Waals surface area (Å²) in [5, 5.41) is 25.0. The lowest BCUT2D eigenvalue weighted by atomic mass is 9.47. The molecule has 3 amide bonds. The Labute approximate surface area is 251 Å². The average molecular weight is 599 g/mol. The first-order valence-corrected chi connectivity index (χ1v) is 15.5. The van der Waals surface area contributed by atoms with Gasteiger partial charge in [-0.25, -0.2) is 4.98 Å². The molecule has 0 bridgehead atoms. The van der Waals surface area contributed by atoms with Crippen LogP contribution >= 0.6 is 11.3 Å². The van der Waals surface area contributed by atoms with E-state index < -0.39 is 11.5 Å². The van der Waals surface area contributed by atoms with Gasteiger partial charge in [0.25, 0.3) is 0 Å². The lowest BCUT2D eigenvalue weighted by Crippen LogP contribution is -2.58. The number of nitrogens with zero attached hydrogens (tertiary/aromatic N) is 3. The van der Waals surface area contributed by atoms with E-state index in [1.54, 1.807) is 18.9 Å². The number of nitrogens with one attached hydrogen (secondary N) is 1. The van der Waals surface area contributed by atoms with Gasteiger partial charge in [0, 0.05) is 55.7 Å². The highest BCUT2D eigenvalue weighted by Crippen LogP contribution is 2.63. The van der Waals surface area contributed by atoms with Crippen LogP contribution in [0.4, 0.5) is 5.13 Å². The minimum Gasteiger partial charge on any atom is -0.497 e. The van der Waals surface area contributed by atoms with Crippen LogP contribution in [0.25, 0.3) is 0 Å². The maximum atomic E-state index is 13.7. The third-order valence-corrected chi connectivity index (χ3v) is 11.1. The Balaban J connectivity index is 1.40. The number of methoxy groups -OCH3 is 1. The fourth-order valence-corrected chi connectivity index (χ4v) is 8.45. The normalized spacial score (nSPS) is 29.0. The largest absolute Gasteiger partial charge is 0.497 e. The number of carbonyl (C=O) groups is 3. The second-order valence-electron chi connectivity index (χ2n) is 12.5. The monoisotopic (exact) mass is 598 g/mol. The molecule has 5 atom stereocenters. The molecule has 1 aromatic carbocycles. The second kappa shape index (κ2) is 11.9. The summed E-state index contributed by atoms with van der Waals surface area (Å²) < 4.78 is 5.20. The molecule has 0 radical (unpaired) electrons. The number of amides is 3. The Morgan fingerprint density at radius 3 is 2.40 bits per heavy atom. The van der Waals surface area contributed by atoms with Crippen molar-refractivity contribution in [2.45, 2.75) is 64.9 Å². The van der Waals surface area contributed by atoms with E-state index >= 15 is 0 Å². The van der Waals surface area contributed by atoms with Crippen LogP contribution in [0.15, 0.2) is 24.3 Å². The van der Waals surface area contributed by atoms with Crippen LogP contribution in [0.2, 0.25) is 0 Å². The Kier molecular flexibility index (Phi) is 8.65. The molecular weight excluding hydrogens is 556 g/mol. The molecule has 2 aromatic rings. The quantitative estimate of drug-likeness (QED) is 0.447. The van der Waals surface area contributed by atoms with Gasteiger partial charge in [0.2, 0.25) is 17.7 Å². The first-order valence-electron chi connectivity index (χ1n) is 14.7. The number of piperazine rings is 1. The van der Waals surface area contributed by atoms with Gasteiger partial charge in [-0.1, -0.05) is 26.0 Å². The van der Waals surface area contributed by atoms with E-state index in [-0.39, 0.29) is 54.4 Å². The second-order valence-corrected chi connectivity index (χ2v) is 13.6. The first kappa shape index (κ1) is 30.4. The number of fused-ring (bicyclic) bond motifs is 2. The number of thiazole rings is 1. The molecule has 11 heteroatoms. The van der Waals surface area contributed by atoms with Crippen LogP contribution in [-0.2, 0) is 27.2 Å². The van der Waals surface area contributed by atoms with Gasteiger partial charge in [0.05, 0.1) is 31.9 Å². The summed E-state index contributed by atoms with van der Waals surface area (Å²) in [5.74, 6) is 0.284. The summed E-state index contributed by atoms with van der Waals surface area (Å²) in [5.41, 5.74) is 0.597. The lowest BCUT2D eigenvalue weighted by Gasteiger charge is -2.58. The van der Waals surface area contributed by atoms with Crippen molar-refractivity contribution < 1.29 is 29.3 Å². The number of aliphatic hydroxyl groups is 2. The molecule has 3 N–H and O–H groups in total. The van der Waals surface area contributed by atoms with E-state index in [0.717, 1.165) is 21.9 Å². The molecule has 1 saturated carbocycles. The zero-order valence-electron chi connectivity index (χ0n) is 24.9. The predicted molar refractivity (Wildman–Crippen MR) is 159 cm³/mol. The zero-order chi connectivity index (χ0) is 30.2. The first-order chi connectivity index (χ1) is 20.0. The highest BCUT2D eigenvalue weighted by Gasteiger charge is 2.59. The summed E-state index contributed by atoms with van der Waals surface area (Å²) in [6.45, 7) is 7.55. The third-order valence-electron chi connectivity index (χ3n) is 10.1. The van der Waals surface area contributed by atoms with Crippen LogP contribution < -0.4 is 10.1 Å². The maximum absolute atomic E-state index is 13.7. The van der Waals surface area contributed by atoms with Gasteiger partial charge in [-0.2, -0.15) is 0 Å². The highest BCUT2D eigenvalue weighted by molar-refractivity contribution is 7.15. The number of hydrogen-bond acceptors (Lipinski definition) is 8. The van der Waals surface area contributed by atoms with Crippen LogP contribution in [0.1, 0.15) is 62.1 Å². The van der Waals surface area contributed by atoms with Crippen molar-refractivity contribution in [3.63, 3.8) is 0 Å². The lowest BCUT2D eigenvalue weighted by molar-refractivity contribution is -0.149. The topological polar surface area (TPSA) is 132 Å². The van der Waals surface area contributed by atoms with Crippen LogP contribution in [0.3, 0.4) is 0 Å². The molecule has 0 unspecified atom stereocenters. The minimum absolute atomic E-state index is 0.0162. The molecule has 2 aliphatic carbocycles. The summed E-state index contributed by atoms with van der Waals surface area (Å²) in [7, 11) is 1.60. The zero-order valence-corrected chi connectivity index (χ0v) is 25.7. The molecule has 42 heavy (non-hydrogen) atoms. The third kappa shape index (κ3) is 5.66. The number of aromatic nitrogens is 1. The number of ether oxygens (including phenoxy) is 1. The minimum atomic E-state index is -0.721. The van der Waals surface area contributed by atoms with Crippen LogP contribution in [0.5, 0.6) is 5.75 Å². The summed E-state index contributed by atoms with van der Waals surface area (Å²) in [4.78, 5) is 48.0. The van der Waals surface area contributed by atoms with Crippen molar-refractivity contribution in [3.05, 3.63) is 40.4 Å². The molecule has 1 aliphatic heterocycles. The molecular formula is C31H42N4O6S. The van der Waals surface area contributed by atoms with Gasteiger partial charge in [0.1, 0.15) is 5.75 Å². The predicted octanol–water partition coefficient (Wildman–Crippen LogP) is 2.83. The van der Waals surface area contributed by atoms with Gasteiger partial charge in [-0.15, -0.1) is 11.3 Å². The van der Waals surface area contributed by atoms with Crippen LogP contribution in [0, 0.1) is 16.7 Å². The van der Waals surface area contributed by atoms with Gasteiger partial charge in [0.15, 0.2) is 5.13 Å².